The van der Waals surface area contributed by atoms with Crippen molar-refractivity contribution >= 4 is 22.5 Å². The number of nitrogens with one attached hydrogen (secondary N) is 1. The third-order valence-electron chi connectivity index (χ3n) is 6.92. The third-order valence-corrected chi connectivity index (χ3v) is 6.92. The van der Waals surface area contributed by atoms with Gasteiger partial charge in [0.05, 0.1) is 5.57 Å². The zero-order chi connectivity index (χ0) is 25.3. The van der Waals surface area contributed by atoms with Crippen LogP contribution in [0.2, 0.25) is 0 Å². The Morgan fingerprint density at radius 3 is 2.47 bits per heavy atom. The molecule has 2 aliphatic rings. The highest BCUT2D eigenvalue weighted by Crippen LogP contribution is 2.48. The van der Waals surface area contributed by atoms with Gasteiger partial charge in [-0.3, -0.25) is 4.79 Å². The van der Waals surface area contributed by atoms with Crippen molar-refractivity contribution in [3.8, 4) is 5.75 Å². The van der Waals surface area contributed by atoms with Crippen LogP contribution in [0.3, 0.4) is 0 Å². The number of hydrogen-bond acceptors (Lipinski definition) is 5. The standard InChI is InChI=1S/C31H31NO4/c1-20-27(30(34)36-17-16-35-22-12-5-4-6-13-22)28(24-15-9-11-21-10-7-8-14-23(21)24)29-25(32-20)18-31(2,3)19-26(29)33/h4-15,28,32H,16-19H2,1-3H3/t28-/m0/s1. The van der Waals surface area contributed by atoms with E-state index >= 15 is 0 Å². The number of para-hydroxylation sites is 1. The quantitative estimate of drug-likeness (QED) is 0.342. The molecule has 1 atom stereocenters. The van der Waals surface area contributed by atoms with Crippen LogP contribution in [0.15, 0.2) is 95.3 Å². The topological polar surface area (TPSA) is 64.6 Å². The molecule has 3 aromatic carbocycles. The van der Waals surface area contributed by atoms with E-state index in [1.54, 1.807) is 0 Å². The number of Topliss-reactive ketones (excluding diaryl/α,β-unsaturated/α-hetero) is 1. The number of carbonyl (C=O) groups excluding carboxylic acids is 2. The molecule has 5 heteroatoms. The zero-order valence-electron chi connectivity index (χ0n) is 21.0. The third kappa shape index (κ3) is 4.66. The number of ether oxygens (including phenoxy) is 2. The van der Waals surface area contributed by atoms with Crippen molar-refractivity contribution in [1.82, 2.24) is 5.32 Å². The van der Waals surface area contributed by atoms with Crippen LogP contribution in [0, 0.1) is 5.41 Å². The van der Waals surface area contributed by atoms with Gasteiger partial charge in [-0.2, -0.15) is 0 Å². The first-order valence-corrected chi connectivity index (χ1v) is 12.4. The highest BCUT2D eigenvalue weighted by molar-refractivity contribution is 6.05. The van der Waals surface area contributed by atoms with Crippen molar-refractivity contribution in [1.29, 1.82) is 0 Å². The lowest BCUT2D eigenvalue weighted by atomic mass is 9.68. The lowest BCUT2D eigenvalue weighted by molar-refractivity contribution is -0.140. The van der Waals surface area contributed by atoms with E-state index in [4.69, 9.17) is 9.47 Å². The molecule has 0 saturated carbocycles. The second-order valence-electron chi connectivity index (χ2n) is 10.3. The van der Waals surface area contributed by atoms with Crippen molar-refractivity contribution in [3.05, 3.63) is 101 Å². The van der Waals surface area contributed by atoms with Gasteiger partial charge in [-0.1, -0.05) is 74.5 Å². The van der Waals surface area contributed by atoms with Gasteiger partial charge in [0.15, 0.2) is 5.78 Å². The van der Waals surface area contributed by atoms with E-state index in [1.165, 1.54) is 0 Å². The molecule has 0 spiro atoms. The molecule has 1 aliphatic carbocycles. The van der Waals surface area contributed by atoms with Gasteiger partial charge in [0.25, 0.3) is 0 Å². The van der Waals surface area contributed by atoms with Crippen LogP contribution in [0.4, 0.5) is 0 Å². The lowest BCUT2D eigenvalue weighted by Gasteiger charge is -2.39. The molecule has 36 heavy (non-hydrogen) atoms. The smallest absolute Gasteiger partial charge is 0.336 e. The number of hydrogen-bond donors (Lipinski definition) is 1. The summed E-state index contributed by atoms with van der Waals surface area (Å²) in [5.74, 6) is -0.115. The van der Waals surface area contributed by atoms with Crippen LogP contribution in [-0.4, -0.2) is 25.0 Å². The Morgan fingerprint density at radius 2 is 1.67 bits per heavy atom. The number of carbonyl (C=O) groups is 2. The van der Waals surface area contributed by atoms with E-state index in [9.17, 15) is 9.59 Å². The van der Waals surface area contributed by atoms with Gasteiger partial charge >= 0.3 is 5.97 Å². The zero-order valence-corrected chi connectivity index (χ0v) is 21.0. The van der Waals surface area contributed by atoms with Crippen LogP contribution < -0.4 is 10.1 Å². The van der Waals surface area contributed by atoms with Crippen LogP contribution in [0.1, 0.15) is 45.1 Å². The summed E-state index contributed by atoms with van der Waals surface area (Å²) in [5.41, 5.74) is 3.62. The van der Waals surface area contributed by atoms with Gasteiger partial charge < -0.3 is 14.8 Å². The predicted molar refractivity (Wildman–Crippen MR) is 140 cm³/mol. The molecular weight excluding hydrogens is 450 g/mol. The number of rotatable bonds is 6. The van der Waals surface area contributed by atoms with Gasteiger partial charge in [-0.05, 0) is 47.2 Å². The van der Waals surface area contributed by atoms with Crippen LogP contribution in [-0.2, 0) is 14.3 Å². The van der Waals surface area contributed by atoms with Crippen molar-refractivity contribution in [2.75, 3.05) is 13.2 Å². The molecule has 1 N–H and O–H groups in total. The van der Waals surface area contributed by atoms with E-state index in [0.29, 0.717) is 17.6 Å². The Morgan fingerprint density at radius 1 is 0.944 bits per heavy atom. The molecule has 184 valence electrons. The number of benzene rings is 3. The van der Waals surface area contributed by atoms with Crippen LogP contribution in [0.25, 0.3) is 10.8 Å². The van der Waals surface area contributed by atoms with Gasteiger partial charge in [-0.15, -0.1) is 0 Å². The number of fused-ring (bicyclic) bond motifs is 1. The molecule has 3 aromatic rings. The van der Waals surface area contributed by atoms with Gasteiger partial charge in [-0.25, -0.2) is 4.79 Å². The van der Waals surface area contributed by atoms with Crippen molar-refractivity contribution in [3.63, 3.8) is 0 Å². The maximum absolute atomic E-state index is 13.6. The molecule has 0 unspecified atom stereocenters. The summed E-state index contributed by atoms with van der Waals surface area (Å²) >= 11 is 0. The summed E-state index contributed by atoms with van der Waals surface area (Å²) in [5, 5.41) is 5.51. The first-order valence-electron chi connectivity index (χ1n) is 12.4. The Kier molecular flexibility index (Phi) is 6.40. The molecule has 1 heterocycles. The molecule has 0 saturated heterocycles. The van der Waals surface area contributed by atoms with Crippen molar-refractivity contribution < 1.29 is 19.1 Å². The monoisotopic (exact) mass is 481 g/mol. The van der Waals surface area contributed by atoms with Crippen molar-refractivity contribution in [2.45, 2.75) is 39.5 Å². The Bertz CT molecular complexity index is 1380. The van der Waals surface area contributed by atoms with Crippen molar-refractivity contribution in [2.24, 2.45) is 5.41 Å². The van der Waals surface area contributed by atoms with E-state index in [-0.39, 0.29) is 24.4 Å². The average molecular weight is 482 g/mol. The minimum absolute atomic E-state index is 0.0805. The first-order chi connectivity index (χ1) is 17.3. The lowest BCUT2D eigenvalue weighted by Crippen LogP contribution is -2.38. The fourth-order valence-corrected chi connectivity index (χ4v) is 5.41. The highest BCUT2D eigenvalue weighted by atomic mass is 16.6. The highest BCUT2D eigenvalue weighted by Gasteiger charge is 2.43. The molecule has 0 aromatic heterocycles. The Balaban J connectivity index is 1.50. The number of esters is 1. The molecule has 5 nitrogen and oxygen atoms in total. The summed E-state index contributed by atoms with van der Waals surface area (Å²) in [4.78, 5) is 27.1. The van der Waals surface area contributed by atoms with Gasteiger partial charge in [0, 0.05) is 29.3 Å². The van der Waals surface area contributed by atoms with Gasteiger partial charge in [0.2, 0.25) is 0 Å². The molecular formula is C31H31NO4. The summed E-state index contributed by atoms with van der Waals surface area (Å²) in [7, 11) is 0. The largest absolute Gasteiger partial charge is 0.490 e. The summed E-state index contributed by atoms with van der Waals surface area (Å²) in [6.45, 7) is 6.47. The fourth-order valence-electron chi connectivity index (χ4n) is 5.41. The second kappa shape index (κ2) is 9.65. The molecule has 1 aliphatic heterocycles. The average Bonchev–Trinajstić information content (AvgIpc) is 2.85. The summed E-state index contributed by atoms with van der Waals surface area (Å²) in [6, 6.07) is 23.6. The molecule has 0 bridgehead atoms. The Labute approximate surface area is 211 Å². The molecule has 5 rings (SSSR count). The normalized spacial score (nSPS) is 19.1. The summed E-state index contributed by atoms with van der Waals surface area (Å²) < 4.78 is 11.4. The minimum Gasteiger partial charge on any atom is -0.490 e. The van der Waals surface area contributed by atoms with Gasteiger partial charge in [0.1, 0.15) is 19.0 Å². The predicted octanol–water partition coefficient (Wildman–Crippen LogP) is 6.07. The number of allylic oxidation sites excluding steroid dienone is 3. The fraction of sp³-hybridized carbons (Fsp3) is 0.290. The molecule has 0 radical (unpaired) electrons. The molecule has 0 fully saturated rings. The van der Waals surface area contributed by atoms with E-state index in [0.717, 1.165) is 39.9 Å². The van der Waals surface area contributed by atoms with E-state index in [2.05, 4.69) is 37.4 Å². The second-order valence-corrected chi connectivity index (χ2v) is 10.3. The maximum Gasteiger partial charge on any atom is 0.336 e. The van der Waals surface area contributed by atoms with Crippen LogP contribution >= 0.6 is 0 Å². The van der Waals surface area contributed by atoms with E-state index < -0.39 is 11.9 Å². The van der Waals surface area contributed by atoms with Crippen LogP contribution in [0.5, 0.6) is 5.75 Å². The number of ketones is 1. The number of dihydropyridines is 1. The molecule has 0 amide bonds. The SMILES string of the molecule is CC1=C(C(=O)OCCOc2ccccc2)[C@H](c2cccc3ccccc23)C2=C(CC(C)(C)CC2=O)N1. The minimum atomic E-state index is -0.488. The Hall–Kier alpha value is -3.86. The maximum atomic E-state index is 13.6. The summed E-state index contributed by atoms with van der Waals surface area (Å²) in [6.07, 6.45) is 1.20. The van der Waals surface area contributed by atoms with E-state index in [1.807, 2.05) is 61.5 Å². The first kappa shape index (κ1) is 23.9.